The minimum Gasteiger partial charge on any atom is -0.497 e. The highest BCUT2D eigenvalue weighted by atomic mass is 16.5. The molecule has 0 spiro atoms. The van der Waals surface area contributed by atoms with E-state index in [1.54, 1.807) is 7.11 Å². The molecule has 1 aromatic heterocycles. The van der Waals surface area contributed by atoms with Gasteiger partial charge in [0.1, 0.15) is 5.75 Å². The van der Waals surface area contributed by atoms with Crippen LogP contribution in [0.3, 0.4) is 0 Å². The first-order chi connectivity index (χ1) is 16.5. The summed E-state index contributed by atoms with van der Waals surface area (Å²) in [7, 11) is 5.81. The molecule has 174 valence electrons. The van der Waals surface area contributed by atoms with Gasteiger partial charge in [0.2, 0.25) is 5.91 Å². The maximum Gasteiger partial charge on any atom is 0.224 e. The lowest BCUT2D eigenvalue weighted by molar-refractivity contribution is -0.116. The van der Waals surface area contributed by atoms with E-state index in [1.807, 2.05) is 18.2 Å². The molecular formula is C28H30N4O2. The van der Waals surface area contributed by atoms with Gasteiger partial charge < -0.3 is 15.0 Å². The molecule has 0 saturated heterocycles. The van der Waals surface area contributed by atoms with Gasteiger partial charge in [0, 0.05) is 29.6 Å². The van der Waals surface area contributed by atoms with Crippen LogP contribution in [0.1, 0.15) is 35.4 Å². The van der Waals surface area contributed by atoms with Gasteiger partial charge in [-0.15, -0.1) is 0 Å². The number of carbonyl (C=O) groups excluding carboxylic acids is 1. The standard InChI is InChI=1S/C28H30N4O2/c1-32(2)17-18-4-6-19(7-5-18)28-24-11-8-21(16-26(24)30-31-28)20-9-13-27(33)29-25-12-10-23(34-3)15-22(25)14-20/h4-8,10-12,15-16,20H,9,13-14,17H2,1-3H3,(H,29,33)(H,30,31)/t20-/m1/s1. The van der Waals surface area contributed by atoms with Crippen LogP contribution in [0.25, 0.3) is 22.2 Å². The predicted molar refractivity (Wildman–Crippen MR) is 136 cm³/mol. The van der Waals surface area contributed by atoms with Gasteiger partial charge in [0.15, 0.2) is 0 Å². The Labute approximate surface area is 199 Å². The normalized spacial score (nSPS) is 16.1. The lowest BCUT2D eigenvalue weighted by Gasteiger charge is -2.23. The molecule has 0 bridgehead atoms. The molecule has 5 rings (SSSR count). The molecular weight excluding hydrogens is 424 g/mol. The van der Waals surface area contributed by atoms with Crippen molar-refractivity contribution in [3.63, 3.8) is 0 Å². The summed E-state index contributed by atoms with van der Waals surface area (Å²) in [4.78, 5) is 14.6. The molecule has 1 aliphatic heterocycles. The van der Waals surface area contributed by atoms with Crippen molar-refractivity contribution in [2.75, 3.05) is 26.5 Å². The fourth-order valence-corrected chi connectivity index (χ4v) is 4.80. The van der Waals surface area contributed by atoms with Gasteiger partial charge in [-0.1, -0.05) is 36.4 Å². The van der Waals surface area contributed by atoms with Gasteiger partial charge in [-0.05, 0) is 73.8 Å². The molecule has 6 heteroatoms. The Hall–Kier alpha value is -3.64. The smallest absolute Gasteiger partial charge is 0.224 e. The predicted octanol–water partition coefficient (Wildman–Crippen LogP) is 5.36. The zero-order chi connectivity index (χ0) is 23.7. The molecule has 0 fully saturated rings. The highest BCUT2D eigenvalue weighted by Gasteiger charge is 2.22. The van der Waals surface area contributed by atoms with Crippen LogP contribution in [0.15, 0.2) is 60.7 Å². The molecule has 34 heavy (non-hydrogen) atoms. The van der Waals surface area contributed by atoms with Crippen LogP contribution >= 0.6 is 0 Å². The summed E-state index contributed by atoms with van der Waals surface area (Å²) < 4.78 is 5.42. The van der Waals surface area contributed by atoms with Gasteiger partial charge in [-0.3, -0.25) is 9.89 Å². The molecule has 0 saturated carbocycles. The third-order valence-corrected chi connectivity index (χ3v) is 6.56. The SMILES string of the molecule is COc1ccc2c(c1)C[C@H](c1ccc3c(-c4ccc(CN(C)C)cc4)n[nH]c3c1)CCC(=O)N2. The van der Waals surface area contributed by atoms with E-state index < -0.39 is 0 Å². The Balaban J connectivity index is 1.45. The number of hydrogen-bond acceptors (Lipinski definition) is 4. The number of aromatic nitrogens is 2. The molecule has 2 heterocycles. The molecule has 2 N–H and O–H groups in total. The molecule has 0 unspecified atom stereocenters. The van der Waals surface area contributed by atoms with Gasteiger partial charge in [-0.25, -0.2) is 0 Å². The maximum absolute atomic E-state index is 12.4. The van der Waals surface area contributed by atoms with Crippen LogP contribution < -0.4 is 10.1 Å². The number of rotatable bonds is 5. The van der Waals surface area contributed by atoms with E-state index in [2.05, 4.69) is 77.0 Å². The van der Waals surface area contributed by atoms with E-state index >= 15 is 0 Å². The quantitative estimate of drug-likeness (QED) is 0.426. The number of anilines is 1. The van der Waals surface area contributed by atoms with Crippen LogP contribution in [0.5, 0.6) is 5.75 Å². The Morgan fingerprint density at radius 3 is 2.65 bits per heavy atom. The summed E-state index contributed by atoms with van der Waals surface area (Å²) >= 11 is 0. The van der Waals surface area contributed by atoms with Crippen LogP contribution in [0.4, 0.5) is 5.69 Å². The van der Waals surface area contributed by atoms with E-state index in [1.165, 1.54) is 11.1 Å². The first-order valence-corrected chi connectivity index (χ1v) is 11.7. The van der Waals surface area contributed by atoms with E-state index in [0.29, 0.717) is 6.42 Å². The molecule has 0 radical (unpaired) electrons. The number of H-pyrrole nitrogens is 1. The summed E-state index contributed by atoms with van der Waals surface area (Å²) in [5, 5.41) is 12.0. The summed E-state index contributed by atoms with van der Waals surface area (Å²) in [5.74, 6) is 1.09. The number of aromatic amines is 1. The van der Waals surface area contributed by atoms with Crippen molar-refractivity contribution in [2.24, 2.45) is 0 Å². The molecule has 1 amide bonds. The zero-order valence-electron chi connectivity index (χ0n) is 19.9. The van der Waals surface area contributed by atoms with Crippen LogP contribution in [-0.4, -0.2) is 42.2 Å². The number of hydrogen-bond donors (Lipinski definition) is 2. The molecule has 1 aliphatic rings. The summed E-state index contributed by atoms with van der Waals surface area (Å²) in [6, 6.07) is 21.0. The highest BCUT2D eigenvalue weighted by Crippen LogP contribution is 2.35. The van der Waals surface area contributed by atoms with Crippen molar-refractivity contribution < 1.29 is 9.53 Å². The van der Waals surface area contributed by atoms with E-state index in [9.17, 15) is 4.79 Å². The third-order valence-electron chi connectivity index (χ3n) is 6.56. The van der Waals surface area contributed by atoms with Crippen LogP contribution in [0.2, 0.25) is 0 Å². The van der Waals surface area contributed by atoms with Gasteiger partial charge in [0.05, 0.1) is 18.3 Å². The number of benzene rings is 3. The average Bonchev–Trinajstić information content (AvgIpc) is 3.24. The Bertz CT molecular complexity index is 1320. The second-order valence-electron chi connectivity index (χ2n) is 9.32. The number of carbonyl (C=O) groups is 1. The second kappa shape index (κ2) is 9.31. The van der Waals surface area contributed by atoms with Crippen LogP contribution in [-0.2, 0) is 17.8 Å². The molecule has 3 aromatic carbocycles. The molecule has 6 nitrogen and oxygen atoms in total. The average molecular weight is 455 g/mol. The summed E-state index contributed by atoms with van der Waals surface area (Å²) in [6.45, 7) is 0.916. The van der Waals surface area contributed by atoms with Crippen molar-refractivity contribution >= 4 is 22.5 Å². The lowest BCUT2D eigenvalue weighted by Crippen LogP contribution is -2.19. The Morgan fingerprint density at radius 1 is 1.06 bits per heavy atom. The van der Waals surface area contributed by atoms with Crippen molar-refractivity contribution in [3.8, 4) is 17.0 Å². The Morgan fingerprint density at radius 2 is 1.88 bits per heavy atom. The minimum atomic E-state index is 0.0544. The first kappa shape index (κ1) is 22.2. The van der Waals surface area contributed by atoms with E-state index in [-0.39, 0.29) is 11.8 Å². The number of amides is 1. The topological polar surface area (TPSA) is 70.2 Å². The fraction of sp³-hybridized carbons (Fsp3) is 0.286. The van der Waals surface area contributed by atoms with Crippen molar-refractivity contribution in [3.05, 3.63) is 77.4 Å². The Kier molecular flexibility index (Phi) is 6.07. The minimum absolute atomic E-state index is 0.0544. The number of fused-ring (bicyclic) bond motifs is 2. The maximum atomic E-state index is 12.4. The van der Waals surface area contributed by atoms with E-state index in [0.717, 1.165) is 58.5 Å². The largest absolute Gasteiger partial charge is 0.497 e. The van der Waals surface area contributed by atoms with Crippen molar-refractivity contribution in [1.29, 1.82) is 0 Å². The first-order valence-electron chi connectivity index (χ1n) is 11.7. The fourth-order valence-electron chi connectivity index (χ4n) is 4.80. The van der Waals surface area contributed by atoms with Gasteiger partial charge >= 0.3 is 0 Å². The number of nitrogens with one attached hydrogen (secondary N) is 2. The van der Waals surface area contributed by atoms with Gasteiger partial charge in [-0.2, -0.15) is 5.10 Å². The van der Waals surface area contributed by atoms with Gasteiger partial charge in [0.25, 0.3) is 0 Å². The molecule has 0 aliphatic carbocycles. The highest BCUT2D eigenvalue weighted by molar-refractivity contribution is 5.94. The number of methoxy groups -OCH3 is 1. The number of ether oxygens (including phenoxy) is 1. The summed E-state index contributed by atoms with van der Waals surface area (Å²) in [5.41, 5.74) is 7.55. The lowest BCUT2D eigenvalue weighted by atomic mass is 9.86. The van der Waals surface area contributed by atoms with E-state index in [4.69, 9.17) is 4.74 Å². The number of nitrogens with zero attached hydrogens (tertiary/aromatic N) is 2. The zero-order valence-corrected chi connectivity index (χ0v) is 19.9. The second-order valence-corrected chi connectivity index (χ2v) is 9.32. The molecule has 4 aromatic rings. The monoisotopic (exact) mass is 454 g/mol. The van der Waals surface area contributed by atoms with Crippen LogP contribution in [0, 0.1) is 0 Å². The van der Waals surface area contributed by atoms with Crippen molar-refractivity contribution in [1.82, 2.24) is 15.1 Å². The molecule has 1 atom stereocenters. The summed E-state index contributed by atoms with van der Waals surface area (Å²) in [6.07, 6.45) is 2.14. The third kappa shape index (κ3) is 4.54. The van der Waals surface area contributed by atoms with Crippen molar-refractivity contribution in [2.45, 2.75) is 31.7 Å².